The van der Waals surface area contributed by atoms with Crippen LogP contribution < -0.4 is 15.4 Å². The van der Waals surface area contributed by atoms with Crippen LogP contribution in [0.3, 0.4) is 0 Å². The zero-order valence-corrected chi connectivity index (χ0v) is 9.86. The van der Waals surface area contributed by atoms with Gasteiger partial charge in [0, 0.05) is 6.42 Å². The van der Waals surface area contributed by atoms with Crippen LogP contribution in [0.5, 0.6) is 5.75 Å². The van der Waals surface area contributed by atoms with Gasteiger partial charge in [-0.25, -0.2) is 0 Å². The zero-order chi connectivity index (χ0) is 13.8. The standard InChI is InChI=1S/C12H12F2N2O3/c13-12(14)19-9-4-2-1-3-7(9)15-8-5-6-10(17)16-11(8)18/h1-4,8,12,15H,5-6H2,(H,16,17,18). The molecule has 2 N–H and O–H groups in total. The van der Waals surface area contributed by atoms with E-state index in [1.165, 1.54) is 12.1 Å². The Hall–Kier alpha value is -2.18. The topological polar surface area (TPSA) is 67.4 Å². The molecule has 0 saturated carbocycles. The third-order valence-corrected chi connectivity index (χ3v) is 2.67. The Morgan fingerprint density at radius 2 is 2.05 bits per heavy atom. The lowest BCUT2D eigenvalue weighted by atomic mass is 10.1. The predicted octanol–water partition coefficient (Wildman–Crippen LogP) is 1.51. The van der Waals surface area contributed by atoms with E-state index >= 15 is 0 Å². The fourth-order valence-electron chi connectivity index (χ4n) is 1.80. The average molecular weight is 270 g/mol. The number of benzene rings is 1. The summed E-state index contributed by atoms with van der Waals surface area (Å²) in [7, 11) is 0. The largest absolute Gasteiger partial charge is 0.433 e. The Balaban J connectivity index is 2.10. The number of hydrogen-bond acceptors (Lipinski definition) is 4. The molecule has 1 aromatic rings. The number of para-hydroxylation sites is 2. The molecule has 0 bridgehead atoms. The van der Waals surface area contributed by atoms with E-state index in [0.717, 1.165) is 0 Å². The lowest BCUT2D eigenvalue weighted by Crippen LogP contribution is -2.47. The lowest BCUT2D eigenvalue weighted by Gasteiger charge is -2.23. The van der Waals surface area contributed by atoms with Crippen LogP contribution in [0.2, 0.25) is 0 Å². The summed E-state index contributed by atoms with van der Waals surface area (Å²) in [6.45, 7) is -2.94. The number of hydrogen-bond donors (Lipinski definition) is 2. The van der Waals surface area contributed by atoms with Gasteiger partial charge in [-0.3, -0.25) is 14.9 Å². The Bertz CT molecular complexity index is 494. The highest BCUT2D eigenvalue weighted by atomic mass is 19.3. The van der Waals surface area contributed by atoms with Crippen molar-refractivity contribution in [3.63, 3.8) is 0 Å². The number of halogens is 2. The van der Waals surface area contributed by atoms with Crippen molar-refractivity contribution in [2.24, 2.45) is 0 Å². The second kappa shape index (κ2) is 5.64. The molecule has 5 nitrogen and oxygen atoms in total. The van der Waals surface area contributed by atoms with Gasteiger partial charge in [0.1, 0.15) is 11.8 Å². The van der Waals surface area contributed by atoms with Crippen molar-refractivity contribution >= 4 is 17.5 Å². The fraction of sp³-hybridized carbons (Fsp3) is 0.333. The monoisotopic (exact) mass is 270 g/mol. The molecule has 1 fully saturated rings. The van der Waals surface area contributed by atoms with E-state index in [2.05, 4.69) is 15.4 Å². The molecule has 1 saturated heterocycles. The van der Waals surface area contributed by atoms with Gasteiger partial charge < -0.3 is 10.1 Å². The highest BCUT2D eigenvalue weighted by molar-refractivity contribution is 6.01. The molecular formula is C12H12F2N2O3. The molecule has 1 aromatic carbocycles. The number of amides is 2. The van der Waals surface area contributed by atoms with Gasteiger partial charge in [-0.15, -0.1) is 0 Å². The third-order valence-electron chi connectivity index (χ3n) is 2.67. The van der Waals surface area contributed by atoms with E-state index in [0.29, 0.717) is 6.42 Å². The maximum absolute atomic E-state index is 12.2. The van der Waals surface area contributed by atoms with E-state index in [1.807, 2.05) is 0 Å². The first-order valence-electron chi connectivity index (χ1n) is 5.70. The van der Waals surface area contributed by atoms with Gasteiger partial charge >= 0.3 is 6.61 Å². The Labute approximate surface area is 107 Å². The minimum absolute atomic E-state index is 0.0396. The molecule has 0 aliphatic carbocycles. The number of piperidine rings is 1. The summed E-state index contributed by atoms with van der Waals surface area (Å²) in [5.41, 5.74) is 0.289. The van der Waals surface area contributed by atoms with Gasteiger partial charge in [-0.1, -0.05) is 12.1 Å². The minimum atomic E-state index is -2.94. The molecule has 1 unspecified atom stereocenters. The highest BCUT2D eigenvalue weighted by Crippen LogP contribution is 2.27. The van der Waals surface area contributed by atoms with E-state index in [9.17, 15) is 18.4 Å². The van der Waals surface area contributed by atoms with Crippen molar-refractivity contribution in [2.45, 2.75) is 25.5 Å². The van der Waals surface area contributed by atoms with Crippen molar-refractivity contribution in [3.8, 4) is 5.75 Å². The molecular weight excluding hydrogens is 258 g/mol. The minimum Gasteiger partial charge on any atom is -0.433 e. The highest BCUT2D eigenvalue weighted by Gasteiger charge is 2.27. The number of imide groups is 1. The first-order chi connectivity index (χ1) is 9.06. The first-order valence-corrected chi connectivity index (χ1v) is 5.70. The third kappa shape index (κ3) is 3.40. The van der Waals surface area contributed by atoms with Gasteiger partial charge in [-0.2, -0.15) is 8.78 Å². The summed E-state index contributed by atoms with van der Waals surface area (Å²) >= 11 is 0. The van der Waals surface area contributed by atoms with Crippen molar-refractivity contribution < 1.29 is 23.1 Å². The number of ether oxygens (including phenoxy) is 1. The Morgan fingerprint density at radius 1 is 1.32 bits per heavy atom. The van der Waals surface area contributed by atoms with Crippen LogP contribution in [0.1, 0.15) is 12.8 Å². The van der Waals surface area contributed by atoms with Crippen LogP contribution in [-0.2, 0) is 9.59 Å². The number of nitrogens with one attached hydrogen (secondary N) is 2. The number of anilines is 1. The van der Waals surface area contributed by atoms with Gasteiger partial charge in [0.15, 0.2) is 0 Å². The molecule has 7 heteroatoms. The predicted molar refractivity (Wildman–Crippen MR) is 62.9 cm³/mol. The van der Waals surface area contributed by atoms with Crippen LogP contribution in [0.4, 0.5) is 14.5 Å². The normalized spacial score (nSPS) is 19.2. The SMILES string of the molecule is O=C1CCC(Nc2ccccc2OC(F)F)C(=O)N1. The Kier molecular flexibility index (Phi) is 3.94. The molecule has 1 aliphatic heterocycles. The van der Waals surface area contributed by atoms with Crippen molar-refractivity contribution in [1.82, 2.24) is 5.32 Å². The maximum atomic E-state index is 12.2. The van der Waals surface area contributed by atoms with Crippen molar-refractivity contribution in [2.75, 3.05) is 5.32 Å². The van der Waals surface area contributed by atoms with E-state index in [1.54, 1.807) is 12.1 Å². The second-order valence-electron chi connectivity index (χ2n) is 4.02. The van der Waals surface area contributed by atoms with Gasteiger partial charge in [-0.05, 0) is 18.6 Å². The summed E-state index contributed by atoms with van der Waals surface area (Å²) in [6.07, 6.45) is 0.523. The summed E-state index contributed by atoms with van der Waals surface area (Å²) in [4.78, 5) is 22.6. The molecule has 1 aliphatic rings. The average Bonchev–Trinajstić information content (AvgIpc) is 2.34. The van der Waals surface area contributed by atoms with E-state index in [-0.39, 0.29) is 23.8 Å². The van der Waals surface area contributed by atoms with E-state index < -0.39 is 18.6 Å². The fourth-order valence-corrected chi connectivity index (χ4v) is 1.80. The van der Waals surface area contributed by atoms with Crippen LogP contribution in [0.15, 0.2) is 24.3 Å². The summed E-state index contributed by atoms with van der Waals surface area (Å²) < 4.78 is 28.8. The number of carbonyl (C=O) groups excluding carboxylic acids is 2. The van der Waals surface area contributed by atoms with Crippen LogP contribution in [-0.4, -0.2) is 24.5 Å². The lowest BCUT2D eigenvalue weighted by molar-refractivity contribution is -0.133. The van der Waals surface area contributed by atoms with Crippen molar-refractivity contribution in [1.29, 1.82) is 0 Å². The van der Waals surface area contributed by atoms with Crippen LogP contribution in [0.25, 0.3) is 0 Å². The maximum Gasteiger partial charge on any atom is 0.387 e. The first kappa shape index (κ1) is 13.3. The molecule has 1 heterocycles. The number of rotatable bonds is 4. The van der Waals surface area contributed by atoms with Gasteiger partial charge in [0.05, 0.1) is 5.69 Å². The molecule has 0 aromatic heterocycles. The van der Waals surface area contributed by atoms with E-state index in [4.69, 9.17) is 0 Å². The smallest absolute Gasteiger partial charge is 0.387 e. The zero-order valence-electron chi connectivity index (χ0n) is 9.86. The Morgan fingerprint density at radius 3 is 2.74 bits per heavy atom. The van der Waals surface area contributed by atoms with Gasteiger partial charge in [0.25, 0.3) is 0 Å². The van der Waals surface area contributed by atoms with Crippen LogP contribution >= 0.6 is 0 Å². The summed E-state index contributed by atoms with van der Waals surface area (Å²) in [5.74, 6) is -0.842. The molecule has 2 rings (SSSR count). The number of alkyl halides is 2. The van der Waals surface area contributed by atoms with Crippen LogP contribution in [0, 0.1) is 0 Å². The summed E-state index contributed by atoms with van der Waals surface area (Å²) in [5, 5.41) is 4.98. The quantitative estimate of drug-likeness (QED) is 0.814. The van der Waals surface area contributed by atoms with Crippen molar-refractivity contribution in [3.05, 3.63) is 24.3 Å². The molecule has 2 amide bonds. The molecule has 0 radical (unpaired) electrons. The molecule has 0 spiro atoms. The number of carbonyl (C=O) groups is 2. The summed E-state index contributed by atoms with van der Waals surface area (Å²) in [6, 6.07) is 5.45. The van der Waals surface area contributed by atoms with Gasteiger partial charge in [0.2, 0.25) is 11.8 Å². The molecule has 19 heavy (non-hydrogen) atoms. The second-order valence-corrected chi connectivity index (χ2v) is 4.02. The molecule has 1 atom stereocenters. The molecule has 102 valence electrons.